The lowest BCUT2D eigenvalue weighted by molar-refractivity contribution is 0.593. The van der Waals surface area contributed by atoms with Crippen molar-refractivity contribution in [2.75, 3.05) is 5.73 Å². The van der Waals surface area contributed by atoms with Gasteiger partial charge in [-0.1, -0.05) is 42.1 Å². The predicted molar refractivity (Wildman–Crippen MR) is 94.8 cm³/mol. The maximum absolute atomic E-state index is 12.4. The first kappa shape index (κ1) is 15.9. The van der Waals surface area contributed by atoms with E-state index < -0.39 is 10.0 Å². The number of hydrogen-bond acceptors (Lipinski definition) is 5. The molecule has 3 rings (SSSR count). The van der Waals surface area contributed by atoms with E-state index in [1.165, 1.54) is 23.9 Å². The molecule has 0 fully saturated rings. The van der Waals surface area contributed by atoms with Crippen LogP contribution in [0.15, 0.2) is 64.5 Å². The number of nitrogen functional groups attached to an aromatic ring is 1. The van der Waals surface area contributed by atoms with Crippen LogP contribution >= 0.6 is 11.8 Å². The van der Waals surface area contributed by atoms with E-state index in [1.807, 2.05) is 37.3 Å². The van der Waals surface area contributed by atoms with E-state index in [9.17, 15) is 8.42 Å². The molecule has 0 radical (unpaired) electrons. The van der Waals surface area contributed by atoms with Gasteiger partial charge in [0.25, 0.3) is 10.0 Å². The van der Waals surface area contributed by atoms with Crippen molar-refractivity contribution in [3.8, 4) is 0 Å². The zero-order valence-corrected chi connectivity index (χ0v) is 14.1. The maximum Gasteiger partial charge on any atom is 0.263 e. The highest BCUT2D eigenvalue weighted by molar-refractivity contribution is 8.15. The van der Waals surface area contributed by atoms with Gasteiger partial charge in [0.15, 0.2) is 5.17 Å². The van der Waals surface area contributed by atoms with Crippen LogP contribution in [0.4, 0.5) is 5.69 Å². The number of sulfonamides is 1. The van der Waals surface area contributed by atoms with Gasteiger partial charge in [-0.2, -0.15) is 0 Å². The van der Waals surface area contributed by atoms with Gasteiger partial charge in [0, 0.05) is 5.69 Å². The van der Waals surface area contributed by atoms with Gasteiger partial charge in [-0.15, -0.1) is 0 Å². The summed E-state index contributed by atoms with van der Waals surface area (Å²) in [7, 11) is -3.65. The van der Waals surface area contributed by atoms with E-state index in [2.05, 4.69) is 9.71 Å². The first-order valence-corrected chi connectivity index (χ1v) is 9.50. The Bertz CT molecular complexity index is 818. The number of rotatable bonds is 3. The lowest BCUT2D eigenvalue weighted by atomic mass is 10.1. The highest BCUT2D eigenvalue weighted by Crippen LogP contribution is 2.39. The molecule has 120 valence electrons. The molecule has 1 aliphatic heterocycles. The van der Waals surface area contributed by atoms with E-state index in [1.54, 1.807) is 12.1 Å². The van der Waals surface area contributed by atoms with Crippen LogP contribution in [0.1, 0.15) is 17.7 Å². The molecule has 0 aromatic heterocycles. The summed E-state index contributed by atoms with van der Waals surface area (Å²) >= 11 is 1.43. The number of hydrogen-bond donors (Lipinski definition) is 2. The molecule has 0 saturated carbocycles. The third kappa shape index (κ3) is 3.51. The molecule has 0 spiro atoms. The third-order valence-electron chi connectivity index (χ3n) is 3.54. The molecule has 0 saturated heterocycles. The van der Waals surface area contributed by atoms with Crippen LogP contribution in [0, 0.1) is 0 Å². The molecule has 0 bridgehead atoms. The van der Waals surface area contributed by atoms with Crippen molar-refractivity contribution in [3.05, 3.63) is 60.2 Å². The first-order valence-electron chi connectivity index (χ1n) is 7.13. The van der Waals surface area contributed by atoms with Crippen molar-refractivity contribution >= 4 is 32.6 Å². The Morgan fingerprint density at radius 2 is 1.74 bits per heavy atom. The fraction of sp³-hybridized carbons (Fsp3) is 0.188. The van der Waals surface area contributed by atoms with Crippen LogP contribution in [-0.4, -0.2) is 19.6 Å². The molecule has 0 amide bonds. The van der Waals surface area contributed by atoms with Gasteiger partial charge < -0.3 is 5.73 Å². The lowest BCUT2D eigenvalue weighted by Gasteiger charge is -2.13. The van der Waals surface area contributed by atoms with Crippen molar-refractivity contribution in [1.29, 1.82) is 0 Å². The minimum Gasteiger partial charge on any atom is -0.399 e. The largest absolute Gasteiger partial charge is 0.399 e. The standard InChI is InChI=1S/C16H17N3O2S2/c1-11-15(12-5-3-2-4-6-12)22-16(18-11)19-23(20,21)14-9-7-13(17)8-10-14/h2-11,15H,17H2,1H3,(H,18,19). The summed E-state index contributed by atoms with van der Waals surface area (Å²) in [6.45, 7) is 1.98. The molecule has 5 nitrogen and oxygen atoms in total. The van der Waals surface area contributed by atoms with Crippen molar-refractivity contribution in [2.45, 2.75) is 23.1 Å². The van der Waals surface area contributed by atoms with E-state index in [0.717, 1.165) is 5.56 Å². The van der Waals surface area contributed by atoms with Gasteiger partial charge in [0.1, 0.15) is 0 Å². The van der Waals surface area contributed by atoms with E-state index in [-0.39, 0.29) is 16.2 Å². The van der Waals surface area contributed by atoms with E-state index >= 15 is 0 Å². The van der Waals surface area contributed by atoms with Crippen LogP contribution < -0.4 is 10.5 Å². The summed E-state index contributed by atoms with van der Waals surface area (Å²) in [4.78, 5) is 4.61. The number of nitrogens with two attached hydrogens (primary N) is 1. The molecule has 1 aliphatic rings. The normalized spacial score (nSPS) is 21.0. The summed E-state index contributed by atoms with van der Waals surface area (Å²) in [5, 5.41) is 0.531. The summed E-state index contributed by atoms with van der Waals surface area (Å²) in [6.07, 6.45) is 0. The summed E-state index contributed by atoms with van der Waals surface area (Å²) in [5.41, 5.74) is 7.25. The Balaban J connectivity index is 1.76. The zero-order chi connectivity index (χ0) is 16.4. The van der Waals surface area contributed by atoms with E-state index in [0.29, 0.717) is 10.9 Å². The van der Waals surface area contributed by atoms with Crippen LogP contribution in [0.3, 0.4) is 0 Å². The van der Waals surface area contributed by atoms with Crippen LogP contribution in [0.2, 0.25) is 0 Å². The Labute approximate surface area is 140 Å². The van der Waals surface area contributed by atoms with Crippen LogP contribution in [0.5, 0.6) is 0 Å². The smallest absolute Gasteiger partial charge is 0.263 e. The summed E-state index contributed by atoms with van der Waals surface area (Å²) in [5.74, 6) is 0. The maximum atomic E-state index is 12.4. The number of nitrogens with one attached hydrogen (secondary N) is 1. The molecule has 3 N–H and O–H groups in total. The Morgan fingerprint density at radius 3 is 2.39 bits per heavy atom. The first-order chi connectivity index (χ1) is 11.0. The molecular formula is C16H17N3O2S2. The fourth-order valence-electron chi connectivity index (χ4n) is 2.36. The van der Waals surface area contributed by atoms with Crippen molar-refractivity contribution in [1.82, 2.24) is 4.72 Å². The van der Waals surface area contributed by atoms with Gasteiger partial charge in [0.2, 0.25) is 0 Å². The lowest BCUT2D eigenvalue weighted by Crippen LogP contribution is -2.27. The highest BCUT2D eigenvalue weighted by atomic mass is 32.2. The van der Waals surface area contributed by atoms with Crippen LogP contribution in [-0.2, 0) is 10.0 Å². The average Bonchev–Trinajstić information content (AvgIpc) is 2.88. The molecule has 2 aromatic carbocycles. The minimum atomic E-state index is -3.65. The second-order valence-electron chi connectivity index (χ2n) is 5.30. The van der Waals surface area contributed by atoms with Crippen molar-refractivity contribution in [2.24, 2.45) is 4.99 Å². The average molecular weight is 347 g/mol. The van der Waals surface area contributed by atoms with E-state index in [4.69, 9.17) is 5.73 Å². The van der Waals surface area contributed by atoms with Gasteiger partial charge in [-0.25, -0.2) is 8.42 Å². The summed E-state index contributed by atoms with van der Waals surface area (Å²) in [6, 6.07) is 16.1. The molecular weight excluding hydrogens is 330 g/mol. The molecule has 7 heteroatoms. The topological polar surface area (TPSA) is 84.5 Å². The minimum absolute atomic E-state index is 0.00604. The zero-order valence-electron chi connectivity index (χ0n) is 12.5. The Hall–Kier alpha value is -1.99. The fourth-order valence-corrected chi connectivity index (χ4v) is 4.80. The number of anilines is 1. The number of nitrogens with zero attached hydrogens (tertiary/aromatic N) is 1. The molecule has 2 unspecified atom stereocenters. The third-order valence-corrected chi connectivity index (χ3v) is 6.37. The quantitative estimate of drug-likeness (QED) is 0.836. The Morgan fingerprint density at radius 1 is 1.09 bits per heavy atom. The number of aliphatic imine (C=N–C) groups is 1. The number of benzene rings is 2. The van der Waals surface area contributed by atoms with Crippen molar-refractivity contribution in [3.63, 3.8) is 0 Å². The molecule has 23 heavy (non-hydrogen) atoms. The monoisotopic (exact) mass is 347 g/mol. The highest BCUT2D eigenvalue weighted by Gasteiger charge is 2.30. The van der Waals surface area contributed by atoms with Crippen molar-refractivity contribution < 1.29 is 8.42 Å². The van der Waals surface area contributed by atoms with Gasteiger partial charge >= 0.3 is 0 Å². The molecule has 2 aromatic rings. The second-order valence-corrected chi connectivity index (χ2v) is 8.11. The molecule has 2 atom stereocenters. The number of thioether (sulfide) groups is 1. The van der Waals surface area contributed by atoms with Gasteiger partial charge in [-0.05, 0) is 36.8 Å². The summed E-state index contributed by atoms with van der Waals surface area (Å²) < 4.78 is 27.4. The van der Waals surface area contributed by atoms with Crippen LogP contribution in [0.25, 0.3) is 0 Å². The molecule has 0 aliphatic carbocycles. The second kappa shape index (κ2) is 6.25. The number of amidine groups is 1. The molecule has 1 heterocycles. The Kier molecular flexibility index (Phi) is 4.32. The predicted octanol–water partition coefficient (Wildman–Crippen LogP) is 2.78. The SMILES string of the molecule is CC1N=C(NS(=O)(=O)c2ccc(N)cc2)SC1c1ccccc1. The van der Waals surface area contributed by atoms with Gasteiger partial charge in [-0.3, -0.25) is 9.71 Å². The van der Waals surface area contributed by atoms with Gasteiger partial charge in [0.05, 0.1) is 16.2 Å².